The molecule has 154 valence electrons. The fraction of sp³-hybridized carbons (Fsp3) is 0.421. The van der Waals surface area contributed by atoms with Crippen molar-refractivity contribution in [3.8, 4) is 0 Å². The number of ether oxygens (including phenoxy) is 1. The molecule has 1 aromatic carbocycles. The van der Waals surface area contributed by atoms with E-state index in [-0.39, 0.29) is 17.3 Å². The highest BCUT2D eigenvalue weighted by molar-refractivity contribution is 6.21. The number of rotatable bonds is 7. The van der Waals surface area contributed by atoms with Gasteiger partial charge in [-0.3, -0.25) is 10.3 Å². The van der Waals surface area contributed by atoms with Crippen LogP contribution in [0.15, 0.2) is 42.3 Å². The first kappa shape index (κ1) is 22.1. The monoisotopic (exact) mass is 416 g/mol. The third-order valence-corrected chi connectivity index (χ3v) is 5.05. The fourth-order valence-corrected chi connectivity index (χ4v) is 2.81. The average Bonchev–Trinajstić information content (AvgIpc) is 2.99. The zero-order chi connectivity index (χ0) is 21.1. The highest BCUT2D eigenvalue weighted by Gasteiger charge is 2.31. The van der Waals surface area contributed by atoms with Gasteiger partial charge in [0, 0.05) is 6.54 Å². The Kier molecular flexibility index (Phi) is 7.01. The van der Waals surface area contributed by atoms with Crippen LogP contribution in [0.4, 0.5) is 13.2 Å². The lowest BCUT2D eigenvalue weighted by Crippen LogP contribution is -2.42. The van der Waals surface area contributed by atoms with Crippen molar-refractivity contribution in [2.45, 2.75) is 37.2 Å². The summed E-state index contributed by atoms with van der Waals surface area (Å²) in [5, 5.41) is 10.2. The van der Waals surface area contributed by atoms with Crippen molar-refractivity contribution in [1.29, 1.82) is 5.41 Å². The highest BCUT2D eigenvalue weighted by Crippen LogP contribution is 2.30. The van der Waals surface area contributed by atoms with Crippen molar-refractivity contribution in [2.24, 2.45) is 5.73 Å². The number of nitrogens with zero attached hydrogens (tertiary/aromatic N) is 1. The third-order valence-electron chi connectivity index (χ3n) is 4.60. The van der Waals surface area contributed by atoms with Crippen LogP contribution in [0, 0.1) is 5.41 Å². The Morgan fingerprint density at radius 1 is 1.43 bits per heavy atom. The van der Waals surface area contributed by atoms with E-state index < -0.39 is 18.0 Å². The number of halogens is 4. The molecule has 0 saturated carbocycles. The molecule has 0 amide bonds. The highest BCUT2D eigenvalue weighted by atomic mass is 35.5. The number of benzene rings is 1. The van der Waals surface area contributed by atoms with Crippen LogP contribution in [0.2, 0.25) is 0 Å². The second kappa shape index (κ2) is 8.87. The molecule has 1 fully saturated rings. The van der Waals surface area contributed by atoms with Gasteiger partial charge in [0.25, 0.3) is 0 Å². The Morgan fingerprint density at radius 2 is 2.04 bits per heavy atom. The normalized spacial score (nSPS) is 20.8. The SMILES string of the molecule is C=C1NC(C(Cl)CCN(C)C(C)C(=N)N)O/C1=C\c1ccc(C(F)(F)F)cc1. The zero-order valence-corrected chi connectivity index (χ0v) is 16.4. The molecule has 1 heterocycles. The van der Waals surface area contributed by atoms with Gasteiger partial charge in [-0.25, -0.2) is 0 Å². The molecule has 0 spiro atoms. The summed E-state index contributed by atoms with van der Waals surface area (Å²) >= 11 is 6.43. The van der Waals surface area contributed by atoms with E-state index >= 15 is 0 Å². The van der Waals surface area contributed by atoms with E-state index in [9.17, 15) is 13.2 Å². The third kappa shape index (κ3) is 5.65. The van der Waals surface area contributed by atoms with E-state index in [4.69, 9.17) is 27.5 Å². The average molecular weight is 417 g/mol. The van der Waals surface area contributed by atoms with Crippen LogP contribution >= 0.6 is 11.6 Å². The Bertz CT molecular complexity index is 749. The maximum atomic E-state index is 12.6. The molecular formula is C19H24ClF3N4O. The van der Waals surface area contributed by atoms with E-state index in [1.807, 2.05) is 18.9 Å². The van der Waals surface area contributed by atoms with Crippen LogP contribution in [0.3, 0.4) is 0 Å². The van der Waals surface area contributed by atoms with Crippen molar-refractivity contribution >= 4 is 23.5 Å². The van der Waals surface area contributed by atoms with Crippen molar-refractivity contribution in [1.82, 2.24) is 10.2 Å². The van der Waals surface area contributed by atoms with E-state index in [0.717, 1.165) is 12.1 Å². The van der Waals surface area contributed by atoms with Crippen LogP contribution in [0.5, 0.6) is 0 Å². The number of nitrogens with one attached hydrogen (secondary N) is 2. The molecule has 9 heteroatoms. The molecule has 5 nitrogen and oxygen atoms in total. The lowest BCUT2D eigenvalue weighted by atomic mass is 10.1. The van der Waals surface area contributed by atoms with Gasteiger partial charge in [-0.05, 0) is 44.2 Å². The van der Waals surface area contributed by atoms with Gasteiger partial charge < -0.3 is 15.8 Å². The molecule has 3 atom stereocenters. The number of hydrogen-bond donors (Lipinski definition) is 3. The smallest absolute Gasteiger partial charge is 0.416 e. The Balaban J connectivity index is 1.97. The Labute approximate surface area is 167 Å². The summed E-state index contributed by atoms with van der Waals surface area (Å²) < 4.78 is 43.7. The summed E-state index contributed by atoms with van der Waals surface area (Å²) in [4.78, 5) is 1.92. The summed E-state index contributed by atoms with van der Waals surface area (Å²) in [7, 11) is 1.85. The van der Waals surface area contributed by atoms with Crippen molar-refractivity contribution in [2.75, 3.05) is 13.6 Å². The second-order valence-corrected chi connectivity index (χ2v) is 7.27. The predicted octanol–water partition coefficient (Wildman–Crippen LogP) is 3.76. The van der Waals surface area contributed by atoms with Crippen molar-refractivity contribution in [3.63, 3.8) is 0 Å². The molecule has 3 unspecified atom stereocenters. The summed E-state index contributed by atoms with van der Waals surface area (Å²) in [5.74, 6) is 0.514. The first-order valence-corrected chi connectivity index (χ1v) is 9.12. The summed E-state index contributed by atoms with van der Waals surface area (Å²) in [5.41, 5.74) is 5.87. The van der Waals surface area contributed by atoms with Crippen LogP contribution in [0.1, 0.15) is 24.5 Å². The Hall–Kier alpha value is -2.19. The number of nitrogens with two attached hydrogens (primary N) is 1. The lowest BCUT2D eigenvalue weighted by Gasteiger charge is -2.25. The maximum Gasteiger partial charge on any atom is 0.416 e. The lowest BCUT2D eigenvalue weighted by molar-refractivity contribution is -0.137. The molecule has 0 radical (unpaired) electrons. The van der Waals surface area contributed by atoms with Crippen LogP contribution in [0.25, 0.3) is 6.08 Å². The second-order valence-electron chi connectivity index (χ2n) is 6.71. The van der Waals surface area contributed by atoms with Gasteiger partial charge >= 0.3 is 6.18 Å². The molecule has 0 aromatic heterocycles. The van der Waals surface area contributed by atoms with Gasteiger partial charge in [0.1, 0.15) is 11.6 Å². The van der Waals surface area contributed by atoms with Gasteiger partial charge in [0.2, 0.25) is 0 Å². The van der Waals surface area contributed by atoms with Crippen molar-refractivity contribution < 1.29 is 17.9 Å². The molecule has 1 aliphatic rings. The molecular weight excluding hydrogens is 393 g/mol. The molecule has 1 saturated heterocycles. The predicted molar refractivity (Wildman–Crippen MR) is 105 cm³/mol. The van der Waals surface area contributed by atoms with E-state index in [1.54, 1.807) is 6.08 Å². The van der Waals surface area contributed by atoms with Gasteiger partial charge in [0.05, 0.1) is 22.7 Å². The first-order valence-electron chi connectivity index (χ1n) is 8.68. The molecule has 28 heavy (non-hydrogen) atoms. The molecule has 2 rings (SSSR count). The molecule has 0 aliphatic carbocycles. The maximum absolute atomic E-state index is 12.6. The number of likely N-dealkylation sites (N-methyl/N-ethyl adjacent to an activating group) is 1. The van der Waals surface area contributed by atoms with Gasteiger partial charge in [-0.15, -0.1) is 11.6 Å². The minimum atomic E-state index is -4.37. The van der Waals surface area contributed by atoms with Crippen molar-refractivity contribution in [3.05, 3.63) is 53.4 Å². The zero-order valence-electron chi connectivity index (χ0n) is 15.7. The van der Waals surface area contributed by atoms with Crippen LogP contribution in [-0.2, 0) is 10.9 Å². The largest absolute Gasteiger partial charge is 0.467 e. The topological polar surface area (TPSA) is 74.4 Å². The number of amidine groups is 1. The molecule has 0 bridgehead atoms. The minimum absolute atomic E-state index is 0.0824. The Morgan fingerprint density at radius 3 is 2.57 bits per heavy atom. The molecule has 4 N–H and O–H groups in total. The molecule has 1 aliphatic heterocycles. The summed E-state index contributed by atoms with van der Waals surface area (Å²) in [6, 6.07) is 4.59. The summed E-state index contributed by atoms with van der Waals surface area (Å²) in [6.45, 7) is 6.32. The van der Waals surface area contributed by atoms with Gasteiger partial charge in [0.15, 0.2) is 6.23 Å². The minimum Gasteiger partial charge on any atom is -0.467 e. The quantitative estimate of drug-likeness (QED) is 0.359. The van der Waals surface area contributed by atoms with E-state index in [2.05, 4.69) is 11.9 Å². The molecule has 1 aromatic rings. The standard InChI is InChI=1S/C19H24ClF3N4O/c1-11-16(10-13-4-6-14(7-5-13)19(21,22)23)28-18(26-11)15(20)8-9-27(3)12(2)17(24)25/h4-7,10,12,15,18,26H,1,8-9H2,2-3H3,(H3,24,25)/b16-10-. The van der Waals surface area contributed by atoms with E-state index in [0.29, 0.717) is 30.0 Å². The first-order chi connectivity index (χ1) is 13.0. The number of alkyl halides is 4. The number of hydrogen-bond acceptors (Lipinski definition) is 4. The van der Waals surface area contributed by atoms with Crippen LogP contribution in [-0.4, -0.2) is 42.0 Å². The van der Waals surface area contributed by atoms with Crippen LogP contribution < -0.4 is 11.1 Å². The fourth-order valence-electron chi connectivity index (χ4n) is 2.59. The van der Waals surface area contributed by atoms with E-state index in [1.165, 1.54) is 12.1 Å². The van der Waals surface area contributed by atoms with Gasteiger partial charge in [-0.2, -0.15) is 13.2 Å². The van der Waals surface area contributed by atoms with Gasteiger partial charge in [-0.1, -0.05) is 18.7 Å². The summed E-state index contributed by atoms with van der Waals surface area (Å²) in [6.07, 6.45) is -2.68.